The molecule has 1 saturated heterocycles. The minimum atomic E-state index is -0.420. The summed E-state index contributed by atoms with van der Waals surface area (Å²) in [5, 5.41) is 0. The largest absolute Gasteiger partial charge is 0.444 e. The first-order chi connectivity index (χ1) is 7.33. The average Bonchev–Trinajstić information content (AvgIpc) is 1.97. The smallest absolute Gasteiger partial charge is 0.410 e. The lowest BCUT2D eigenvalue weighted by atomic mass is 9.91. The molecule has 0 unspecified atom stereocenters. The molecule has 1 aliphatic heterocycles. The van der Waals surface area contributed by atoms with Gasteiger partial charge in [0, 0.05) is 19.0 Å². The number of nitrogens with zero attached hydrogens (tertiary/aromatic N) is 1. The van der Waals surface area contributed by atoms with Gasteiger partial charge in [0.2, 0.25) is 0 Å². The van der Waals surface area contributed by atoms with Crippen LogP contribution in [0.5, 0.6) is 0 Å². The Labute approximate surface area is 97.4 Å². The fraction of sp³-hybridized carbons (Fsp3) is 0.750. The maximum absolute atomic E-state index is 11.6. The summed E-state index contributed by atoms with van der Waals surface area (Å²) in [7, 11) is 0. The molecule has 4 nitrogen and oxygen atoms in total. The normalized spacial score (nSPS) is 16.9. The molecule has 0 aromatic carbocycles. The van der Waals surface area contributed by atoms with E-state index in [1.165, 1.54) is 0 Å². The molecule has 16 heavy (non-hydrogen) atoms. The van der Waals surface area contributed by atoms with E-state index in [9.17, 15) is 4.79 Å². The van der Waals surface area contributed by atoms with Crippen LogP contribution in [0.3, 0.4) is 0 Å². The van der Waals surface area contributed by atoms with E-state index in [0.717, 1.165) is 12.0 Å². The van der Waals surface area contributed by atoms with Crippen molar-refractivity contribution in [3.8, 4) is 0 Å². The first-order valence-corrected chi connectivity index (χ1v) is 5.69. The lowest BCUT2D eigenvalue weighted by molar-refractivity contribution is 0.00345. The molecule has 1 fully saturated rings. The van der Waals surface area contributed by atoms with Crippen molar-refractivity contribution in [2.75, 3.05) is 19.6 Å². The van der Waals surface area contributed by atoms with Gasteiger partial charge in [0.15, 0.2) is 0 Å². The van der Waals surface area contributed by atoms with Crippen LogP contribution in [-0.2, 0) is 4.74 Å². The van der Waals surface area contributed by atoms with E-state index in [-0.39, 0.29) is 6.09 Å². The third-order valence-electron chi connectivity index (χ3n) is 2.58. The molecule has 0 aliphatic carbocycles. The van der Waals surface area contributed by atoms with E-state index in [4.69, 9.17) is 10.5 Å². The van der Waals surface area contributed by atoms with Crippen molar-refractivity contribution in [1.29, 1.82) is 0 Å². The summed E-state index contributed by atoms with van der Waals surface area (Å²) in [5.74, 6) is 0.399. The molecule has 0 atom stereocenters. The first kappa shape index (κ1) is 13.0. The molecule has 0 spiro atoms. The van der Waals surface area contributed by atoms with Gasteiger partial charge in [-0.2, -0.15) is 0 Å². The van der Waals surface area contributed by atoms with E-state index < -0.39 is 5.60 Å². The Hall–Kier alpha value is -1.03. The summed E-state index contributed by atoms with van der Waals surface area (Å²) in [6, 6.07) is 0. The zero-order valence-electron chi connectivity index (χ0n) is 10.5. The first-order valence-electron chi connectivity index (χ1n) is 5.69. The Morgan fingerprint density at radius 1 is 1.50 bits per heavy atom. The fourth-order valence-corrected chi connectivity index (χ4v) is 1.60. The van der Waals surface area contributed by atoms with Crippen molar-refractivity contribution in [3.63, 3.8) is 0 Å². The van der Waals surface area contributed by atoms with Gasteiger partial charge in [0.05, 0.1) is 0 Å². The summed E-state index contributed by atoms with van der Waals surface area (Å²) in [5.41, 5.74) is 6.18. The van der Waals surface area contributed by atoms with Crippen LogP contribution < -0.4 is 5.73 Å². The van der Waals surface area contributed by atoms with Gasteiger partial charge >= 0.3 is 6.09 Å². The molecule has 0 bridgehead atoms. The molecule has 0 saturated carbocycles. The molecular formula is C12H22N2O2. The molecule has 2 N–H and O–H groups in total. The predicted molar refractivity (Wildman–Crippen MR) is 64.1 cm³/mol. The molecule has 0 aromatic rings. The van der Waals surface area contributed by atoms with Gasteiger partial charge in [0.1, 0.15) is 5.60 Å². The molecule has 1 rings (SSSR count). The molecular weight excluding hydrogens is 204 g/mol. The standard InChI is InChI=1S/C12H22N2O2/c1-9(5-6-13)10-7-14(8-10)11(15)16-12(2,3)4/h10H,1,5-8,13H2,2-4H3. The summed E-state index contributed by atoms with van der Waals surface area (Å²) < 4.78 is 5.26. The van der Waals surface area contributed by atoms with Crippen LogP contribution in [0.25, 0.3) is 0 Å². The van der Waals surface area contributed by atoms with E-state index in [2.05, 4.69) is 6.58 Å². The maximum atomic E-state index is 11.6. The van der Waals surface area contributed by atoms with Gasteiger partial charge in [0.25, 0.3) is 0 Å². The second-order valence-corrected chi connectivity index (χ2v) is 5.28. The van der Waals surface area contributed by atoms with Crippen molar-refractivity contribution < 1.29 is 9.53 Å². The van der Waals surface area contributed by atoms with E-state index >= 15 is 0 Å². The summed E-state index contributed by atoms with van der Waals surface area (Å²) in [6.07, 6.45) is 0.608. The number of carbonyl (C=O) groups excluding carboxylic acids is 1. The third-order valence-corrected chi connectivity index (χ3v) is 2.58. The van der Waals surface area contributed by atoms with E-state index in [1.807, 2.05) is 20.8 Å². The minimum absolute atomic E-state index is 0.232. The van der Waals surface area contributed by atoms with Gasteiger partial charge in [-0.25, -0.2) is 4.79 Å². The van der Waals surface area contributed by atoms with Crippen molar-refractivity contribution in [3.05, 3.63) is 12.2 Å². The number of rotatable bonds is 3. The number of hydrogen-bond acceptors (Lipinski definition) is 3. The van der Waals surface area contributed by atoms with Gasteiger partial charge in [-0.3, -0.25) is 0 Å². The van der Waals surface area contributed by atoms with Crippen molar-refractivity contribution in [2.45, 2.75) is 32.8 Å². The topological polar surface area (TPSA) is 55.6 Å². The molecule has 4 heteroatoms. The Morgan fingerprint density at radius 3 is 2.50 bits per heavy atom. The van der Waals surface area contributed by atoms with Crippen LogP contribution in [0.2, 0.25) is 0 Å². The van der Waals surface area contributed by atoms with Gasteiger partial charge < -0.3 is 15.4 Å². The zero-order chi connectivity index (χ0) is 12.3. The van der Waals surface area contributed by atoms with E-state index in [1.54, 1.807) is 4.90 Å². The number of nitrogens with two attached hydrogens (primary N) is 1. The SMILES string of the molecule is C=C(CCN)C1CN(C(=O)OC(C)(C)C)C1. The summed E-state index contributed by atoms with van der Waals surface area (Å²) in [4.78, 5) is 13.3. The zero-order valence-corrected chi connectivity index (χ0v) is 10.5. The Balaban J connectivity index is 2.30. The van der Waals surface area contributed by atoms with Crippen LogP contribution in [0.15, 0.2) is 12.2 Å². The fourth-order valence-electron chi connectivity index (χ4n) is 1.60. The highest BCUT2D eigenvalue weighted by molar-refractivity contribution is 5.69. The van der Waals surface area contributed by atoms with Crippen molar-refractivity contribution in [2.24, 2.45) is 11.7 Å². The summed E-state index contributed by atoms with van der Waals surface area (Å²) in [6.45, 7) is 11.6. The third kappa shape index (κ3) is 3.52. The number of amides is 1. The quantitative estimate of drug-likeness (QED) is 0.746. The number of hydrogen-bond donors (Lipinski definition) is 1. The molecule has 0 radical (unpaired) electrons. The molecule has 92 valence electrons. The number of carbonyl (C=O) groups is 1. The summed E-state index contributed by atoms with van der Waals surface area (Å²) >= 11 is 0. The molecule has 1 amide bonds. The van der Waals surface area contributed by atoms with Crippen molar-refractivity contribution >= 4 is 6.09 Å². The second kappa shape index (κ2) is 4.87. The Morgan fingerprint density at radius 2 is 2.06 bits per heavy atom. The van der Waals surface area contributed by atoms with Crippen LogP contribution in [0.1, 0.15) is 27.2 Å². The highest BCUT2D eigenvalue weighted by Gasteiger charge is 2.34. The lowest BCUT2D eigenvalue weighted by Crippen LogP contribution is -2.52. The van der Waals surface area contributed by atoms with Crippen LogP contribution in [0, 0.1) is 5.92 Å². The van der Waals surface area contributed by atoms with Crippen LogP contribution >= 0.6 is 0 Å². The number of likely N-dealkylation sites (tertiary alicyclic amines) is 1. The Bertz CT molecular complexity index is 275. The van der Waals surface area contributed by atoms with Crippen LogP contribution in [0.4, 0.5) is 4.79 Å². The van der Waals surface area contributed by atoms with Gasteiger partial charge in [-0.05, 0) is 33.7 Å². The molecule has 1 aliphatic rings. The maximum Gasteiger partial charge on any atom is 0.410 e. The van der Waals surface area contributed by atoms with Crippen molar-refractivity contribution in [1.82, 2.24) is 4.90 Å². The highest BCUT2D eigenvalue weighted by Crippen LogP contribution is 2.25. The highest BCUT2D eigenvalue weighted by atomic mass is 16.6. The molecule has 0 aromatic heterocycles. The molecule has 1 heterocycles. The van der Waals surface area contributed by atoms with Crippen LogP contribution in [-0.4, -0.2) is 36.2 Å². The minimum Gasteiger partial charge on any atom is -0.444 e. The average molecular weight is 226 g/mol. The van der Waals surface area contributed by atoms with E-state index in [0.29, 0.717) is 25.6 Å². The van der Waals surface area contributed by atoms with Gasteiger partial charge in [-0.15, -0.1) is 0 Å². The van der Waals surface area contributed by atoms with Gasteiger partial charge in [-0.1, -0.05) is 12.2 Å². The Kier molecular flexibility index (Phi) is 3.97. The monoisotopic (exact) mass is 226 g/mol. The number of ether oxygens (including phenoxy) is 1. The predicted octanol–water partition coefficient (Wildman–Crippen LogP) is 1.76. The lowest BCUT2D eigenvalue weighted by Gasteiger charge is -2.40. The second-order valence-electron chi connectivity index (χ2n) is 5.28.